The van der Waals surface area contributed by atoms with Gasteiger partial charge in [0.15, 0.2) is 0 Å². The van der Waals surface area contributed by atoms with Gasteiger partial charge in [0.1, 0.15) is 5.82 Å². The van der Waals surface area contributed by atoms with E-state index in [9.17, 15) is 9.59 Å². The zero-order valence-corrected chi connectivity index (χ0v) is 23.1. The quantitative estimate of drug-likeness (QED) is 0.375. The molecule has 0 spiro atoms. The highest BCUT2D eigenvalue weighted by molar-refractivity contribution is 5.94. The molecule has 1 aromatic carbocycles. The molecule has 2 rings (SSSR count). The second-order valence-electron chi connectivity index (χ2n) is 11.2. The first-order valence-electron chi connectivity index (χ1n) is 13.2. The molecular formula is C29H46N4O2. The molecular weight excluding hydrogens is 436 g/mol. The van der Waals surface area contributed by atoms with Crippen LogP contribution in [-0.2, 0) is 15.0 Å². The van der Waals surface area contributed by atoms with Crippen LogP contribution >= 0.6 is 0 Å². The van der Waals surface area contributed by atoms with Crippen LogP contribution in [0.3, 0.4) is 0 Å². The maximum atomic E-state index is 13.4. The van der Waals surface area contributed by atoms with Gasteiger partial charge in [0.05, 0.1) is 17.9 Å². The molecule has 1 unspecified atom stereocenters. The summed E-state index contributed by atoms with van der Waals surface area (Å²) in [7, 11) is 0. The van der Waals surface area contributed by atoms with Crippen molar-refractivity contribution in [1.29, 1.82) is 0 Å². The number of hydrogen-bond acceptors (Lipinski definition) is 3. The van der Waals surface area contributed by atoms with Crippen LogP contribution in [0.4, 0.5) is 5.82 Å². The Kier molecular flexibility index (Phi) is 10.5. The van der Waals surface area contributed by atoms with Crippen molar-refractivity contribution in [3.8, 4) is 5.69 Å². The molecule has 0 aliphatic heterocycles. The Balaban J connectivity index is 2.29. The van der Waals surface area contributed by atoms with E-state index < -0.39 is 0 Å². The molecule has 0 fully saturated rings. The molecule has 1 N–H and O–H groups in total. The summed E-state index contributed by atoms with van der Waals surface area (Å²) >= 11 is 0. The first-order chi connectivity index (χ1) is 16.5. The number of anilines is 1. The second-order valence-corrected chi connectivity index (χ2v) is 11.2. The minimum atomic E-state index is -0.193. The maximum absolute atomic E-state index is 13.4. The van der Waals surface area contributed by atoms with E-state index in [1.807, 2.05) is 37.3 Å². The molecule has 0 aliphatic carbocycles. The van der Waals surface area contributed by atoms with Crippen molar-refractivity contribution in [1.82, 2.24) is 14.7 Å². The monoisotopic (exact) mass is 482 g/mol. The number of aromatic nitrogens is 2. The third-order valence-electron chi connectivity index (χ3n) is 6.36. The third kappa shape index (κ3) is 8.52. The van der Waals surface area contributed by atoms with Crippen LogP contribution < -0.4 is 5.32 Å². The van der Waals surface area contributed by atoms with Crippen molar-refractivity contribution in [3.63, 3.8) is 0 Å². The van der Waals surface area contributed by atoms with Gasteiger partial charge >= 0.3 is 0 Å². The normalized spacial score (nSPS) is 12.6. The fraction of sp³-hybridized carbons (Fsp3) is 0.621. The topological polar surface area (TPSA) is 67.2 Å². The van der Waals surface area contributed by atoms with Gasteiger partial charge in [0.25, 0.3) is 0 Å². The lowest BCUT2D eigenvalue weighted by atomic mass is 9.92. The molecule has 0 saturated heterocycles. The summed E-state index contributed by atoms with van der Waals surface area (Å²) in [5.41, 5.74) is 2.75. The van der Waals surface area contributed by atoms with Gasteiger partial charge < -0.3 is 10.2 Å². The van der Waals surface area contributed by atoms with Gasteiger partial charge in [-0.3, -0.25) is 9.59 Å². The Morgan fingerprint density at radius 1 is 1.11 bits per heavy atom. The molecule has 0 saturated carbocycles. The van der Waals surface area contributed by atoms with E-state index in [2.05, 4.69) is 53.8 Å². The van der Waals surface area contributed by atoms with Crippen LogP contribution in [0.15, 0.2) is 30.3 Å². The largest absolute Gasteiger partial charge is 0.333 e. The lowest BCUT2D eigenvalue weighted by Crippen LogP contribution is -2.42. The highest BCUT2D eigenvalue weighted by atomic mass is 16.2. The third-order valence-corrected chi connectivity index (χ3v) is 6.36. The number of rotatable bonds is 12. The van der Waals surface area contributed by atoms with Crippen LogP contribution in [0.2, 0.25) is 0 Å². The van der Waals surface area contributed by atoms with Crippen molar-refractivity contribution in [2.45, 2.75) is 92.9 Å². The minimum absolute atomic E-state index is 0.0276. The summed E-state index contributed by atoms with van der Waals surface area (Å²) in [5, 5.41) is 7.88. The summed E-state index contributed by atoms with van der Waals surface area (Å²) in [5.74, 6) is 0.960. The first-order valence-corrected chi connectivity index (χ1v) is 13.2. The van der Waals surface area contributed by atoms with Gasteiger partial charge in [-0.05, 0) is 49.8 Å². The number of amides is 2. The molecule has 1 aromatic heterocycles. The van der Waals surface area contributed by atoms with E-state index in [1.165, 1.54) is 0 Å². The number of carbonyl (C=O) groups excluding carboxylic acids is 2. The summed E-state index contributed by atoms with van der Waals surface area (Å²) in [6.07, 6.45) is 4.64. The highest BCUT2D eigenvalue weighted by Gasteiger charge is 2.26. The lowest BCUT2D eigenvalue weighted by Gasteiger charge is -2.27. The Morgan fingerprint density at radius 3 is 2.40 bits per heavy atom. The highest BCUT2D eigenvalue weighted by Crippen LogP contribution is 2.27. The predicted molar refractivity (Wildman–Crippen MR) is 145 cm³/mol. The molecule has 194 valence electrons. The van der Waals surface area contributed by atoms with Crippen LogP contribution in [0, 0.1) is 18.8 Å². The number of nitrogens with one attached hydrogen (secondary N) is 1. The van der Waals surface area contributed by atoms with Crippen LogP contribution in [0.25, 0.3) is 5.69 Å². The van der Waals surface area contributed by atoms with Gasteiger partial charge in [-0.15, -0.1) is 0 Å². The Labute approximate surface area is 212 Å². The van der Waals surface area contributed by atoms with Gasteiger partial charge in [-0.2, -0.15) is 5.10 Å². The smallest absolute Gasteiger partial charge is 0.245 e. The van der Waals surface area contributed by atoms with Gasteiger partial charge in [0.2, 0.25) is 11.8 Å². The van der Waals surface area contributed by atoms with Crippen LogP contribution in [0.1, 0.15) is 91.8 Å². The average molecular weight is 483 g/mol. The average Bonchev–Trinajstić information content (AvgIpc) is 3.21. The van der Waals surface area contributed by atoms with Crippen molar-refractivity contribution in [2.75, 3.05) is 18.4 Å². The zero-order valence-electron chi connectivity index (χ0n) is 23.1. The van der Waals surface area contributed by atoms with E-state index in [4.69, 9.17) is 5.10 Å². The SMILES string of the molecule is CCCCC(CC)C(=O)N(CCC(C)C)CC(=O)Nc1cc(C(C)(C)C)nn1-c1cccc(C)c1. The standard InChI is InChI=1S/C29H46N4O2/c1-9-11-14-23(10-2)28(35)32(17-16-21(3)4)20-27(34)30-26-19-25(29(6,7)8)31-33(26)24-15-12-13-22(5)18-24/h12-13,15,18-19,21,23H,9-11,14,16-17,20H2,1-8H3,(H,30,34). The van der Waals surface area contributed by atoms with E-state index in [0.29, 0.717) is 18.3 Å². The molecule has 0 radical (unpaired) electrons. The van der Waals surface area contributed by atoms with E-state index >= 15 is 0 Å². The van der Waals surface area contributed by atoms with Gasteiger partial charge in [0, 0.05) is 23.9 Å². The number of nitrogens with zero attached hydrogens (tertiary/aromatic N) is 3. The number of benzene rings is 1. The summed E-state index contributed by atoms with van der Waals surface area (Å²) in [4.78, 5) is 28.4. The molecule has 35 heavy (non-hydrogen) atoms. The summed E-state index contributed by atoms with van der Waals surface area (Å²) < 4.78 is 1.79. The molecule has 6 nitrogen and oxygen atoms in total. The van der Waals surface area contributed by atoms with E-state index in [1.54, 1.807) is 9.58 Å². The fourth-order valence-electron chi connectivity index (χ4n) is 4.04. The Hall–Kier alpha value is -2.63. The fourth-order valence-corrected chi connectivity index (χ4v) is 4.04. The number of hydrogen-bond donors (Lipinski definition) is 1. The molecule has 1 atom stereocenters. The van der Waals surface area contributed by atoms with Crippen molar-refractivity contribution < 1.29 is 9.59 Å². The maximum Gasteiger partial charge on any atom is 0.245 e. The van der Waals surface area contributed by atoms with Crippen molar-refractivity contribution in [3.05, 3.63) is 41.6 Å². The Morgan fingerprint density at radius 2 is 1.83 bits per heavy atom. The zero-order chi connectivity index (χ0) is 26.2. The van der Waals surface area contributed by atoms with Crippen molar-refractivity contribution >= 4 is 17.6 Å². The van der Waals surface area contributed by atoms with Crippen LogP contribution in [-0.4, -0.2) is 39.6 Å². The molecule has 2 aromatic rings. The summed E-state index contributed by atoms with van der Waals surface area (Å²) in [6.45, 7) is 17.5. The van der Waals surface area contributed by atoms with Gasteiger partial charge in [-0.1, -0.05) is 73.4 Å². The Bertz CT molecular complexity index is 971. The first kappa shape index (κ1) is 28.6. The second kappa shape index (κ2) is 12.9. The molecule has 6 heteroatoms. The minimum Gasteiger partial charge on any atom is -0.333 e. The predicted octanol–water partition coefficient (Wildman–Crippen LogP) is 6.51. The molecule has 0 aliphatic rings. The van der Waals surface area contributed by atoms with Crippen molar-refractivity contribution in [2.24, 2.45) is 11.8 Å². The summed E-state index contributed by atoms with van der Waals surface area (Å²) in [6, 6.07) is 10.0. The van der Waals surface area contributed by atoms with E-state index in [0.717, 1.165) is 49.0 Å². The molecule has 1 heterocycles. The molecule has 0 bridgehead atoms. The lowest BCUT2D eigenvalue weighted by molar-refractivity contribution is -0.139. The van der Waals surface area contributed by atoms with Crippen LogP contribution in [0.5, 0.6) is 0 Å². The molecule has 2 amide bonds. The van der Waals surface area contributed by atoms with E-state index in [-0.39, 0.29) is 29.7 Å². The number of carbonyl (C=O) groups is 2. The van der Waals surface area contributed by atoms with Gasteiger partial charge in [-0.25, -0.2) is 4.68 Å². The number of aryl methyl sites for hydroxylation is 1. The number of unbranched alkanes of at least 4 members (excludes halogenated alkanes) is 1.